The maximum atomic E-state index is 13.1. The molecule has 0 saturated heterocycles. The number of amides is 2. The van der Waals surface area contributed by atoms with Gasteiger partial charge >= 0.3 is 0 Å². The number of hydrogen-bond donors (Lipinski definition) is 0. The van der Waals surface area contributed by atoms with Crippen LogP contribution < -0.4 is 4.74 Å². The second-order valence-corrected chi connectivity index (χ2v) is 5.28. The highest BCUT2D eigenvalue weighted by Gasteiger charge is 2.36. The highest BCUT2D eigenvalue weighted by atomic mass is 19.1. The number of benzene rings is 2. The van der Waals surface area contributed by atoms with Gasteiger partial charge in [-0.25, -0.2) is 8.78 Å². The average molecular weight is 333 g/mol. The Kier molecular flexibility index (Phi) is 4.26. The van der Waals surface area contributed by atoms with Crippen molar-refractivity contribution in [3.05, 3.63) is 65.2 Å². The maximum absolute atomic E-state index is 13.1. The molecule has 0 bridgehead atoms. The molecule has 1 unspecified atom stereocenters. The first-order valence-corrected chi connectivity index (χ1v) is 7.19. The number of carbonyl (C=O) groups excluding carboxylic acids is 2. The van der Waals surface area contributed by atoms with E-state index in [9.17, 15) is 18.4 Å². The number of rotatable bonds is 5. The largest absolute Gasteiger partial charge is 0.488 e. The van der Waals surface area contributed by atoms with E-state index in [1.54, 1.807) is 19.1 Å². The summed E-state index contributed by atoms with van der Waals surface area (Å²) in [4.78, 5) is 29.4. The van der Waals surface area contributed by atoms with Crippen molar-refractivity contribution in [1.29, 1.82) is 0 Å². The summed E-state index contributed by atoms with van der Waals surface area (Å²) in [6, 6.07) is 9.16. The van der Waals surface area contributed by atoms with E-state index in [-0.39, 0.29) is 23.5 Å². The lowest BCUT2D eigenvalue weighted by molar-refractivity contribution is -0.109. The zero-order valence-corrected chi connectivity index (χ0v) is 12.7. The van der Waals surface area contributed by atoms with Crippen LogP contribution in [-0.4, -0.2) is 29.6 Å². The van der Waals surface area contributed by atoms with Gasteiger partial charge in [0.25, 0.3) is 11.8 Å². The summed E-state index contributed by atoms with van der Waals surface area (Å²) in [5.41, 5.74) is 0.534. The number of hydroxylamine groups is 2. The van der Waals surface area contributed by atoms with E-state index in [1.165, 1.54) is 12.1 Å². The van der Waals surface area contributed by atoms with Gasteiger partial charge in [0.1, 0.15) is 30.1 Å². The van der Waals surface area contributed by atoms with Crippen LogP contribution in [0.1, 0.15) is 27.6 Å². The fourth-order valence-corrected chi connectivity index (χ4v) is 2.33. The predicted octanol–water partition coefficient (Wildman–Crippen LogP) is 2.96. The predicted molar refractivity (Wildman–Crippen MR) is 79.3 cm³/mol. The minimum atomic E-state index is -0.765. The number of halogens is 2. The molecule has 0 saturated carbocycles. The molecule has 1 aliphatic rings. The fourth-order valence-electron chi connectivity index (χ4n) is 2.33. The number of hydrogen-bond acceptors (Lipinski definition) is 4. The number of nitrogens with zero attached hydrogens (tertiary/aromatic N) is 1. The Morgan fingerprint density at radius 2 is 1.54 bits per heavy atom. The summed E-state index contributed by atoms with van der Waals surface area (Å²) in [5, 5.41) is 0.663. The Balaban J connectivity index is 1.62. The van der Waals surface area contributed by atoms with Crippen LogP contribution in [0.2, 0.25) is 0 Å². The molecule has 0 radical (unpaired) electrons. The third-order valence-electron chi connectivity index (χ3n) is 3.37. The molecule has 1 atom stereocenters. The van der Waals surface area contributed by atoms with E-state index in [2.05, 4.69) is 0 Å². The maximum Gasteiger partial charge on any atom is 0.285 e. The smallest absolute Gasteiger partial charge is 0.285 e. The molecule has 0 spiro atoms. The molecule has 0 fully saturated rings. The van der Waals surface area contributed by atoms with Gasteiger partial charge in [0.05, 0.1) is 11.1 Å². The third kappa shape index (κ3) is 3.11. The molecule has 0 aliphatic carbocycles. The minimum Gasteiger partial charge on any atom is -0.488 e. The van der Waals surface area contributed by atoms with Crippen molar-refractivity contribution in [3.8, 4) is 5.75 Å². The van der Waals surface area contributed by atoms with Crippen molar-refractivity contribution in [2.24, 2.45) is 0 Å². The summed E-state index contributed by atoms with van der Waals surface area (Å²) in [5.74, 6) is -2.65. The molecular formula is C17H13F2NO4. The lowest BCUT2D eigenvalue weighted by atomic mass is 10.1. The van der Waals surface area contributed by atoms with Crippen LogP contribution in [0.15, 0.2) is 42.5 Å². The molecule has 7 heteroatoms. The summed E-state index contributed by atoms with van der Waals surface area (Å²) in [6.07, 6.45) is -0.643. The molecule has 0 aromatic heterocycles. The van der Waals surface area contributed by atoms with Crippen LogP contribution in [0, 0.1) is 11.6 Å². The van der Waals surface area contributed by atoms with Gasteiger partial charge in [-0.05, 0) is 19.1 Å². The van der Waals surface area contributed by atoms with Gasteiger partial charge in [0.15, 0.2) is 0 Å². The molecule has 2 aromatic carbocycles. The number of ether oxygens (including phenoxy) is 1. The number of carbonyl (C=O) groups is 2. The van der Waals surface area contributed by atoms with Gasteiger partial charge in [-0.3, -0.25) is 14.4 Å². The molecule has 24 heavy (non-hydrogen) atoms. The lowest BCUT2D eigenvalue weighted by Crippen LogP contribution is -2.34. The summed E-state index contributed by atoms with van der Waals surface area (Å²) < 4.78 is 31.6. The van der Waals surface area contributed by atoms with Crippen molar-refractivity contribution in [3.63, 3.8) is 0 Å². The topological polar surface area (TPSA) is 55.8 Å². The highest BCUT2D eigenvalue weighted by molar-refractivity contribution is 6.20. The second kappa shape index (κ2) is 6.37. The number of imide groups is 1. The molecule has 124 valence electrons. The molecular weight excluding hydrogens is 320 g/mol. The molecule has 3 rings (SSSR count). The van der Waals surface area contributed by atoms with E-state index in [1.807, 2.05) is 0 Å². The SMILES string of the molecule is CC(CON1C(=O)c2ccccc2C1=O)Oc1cc(F)cc(F)c1. The zero-order chi connectivity index (χ0) is 17.3. The van der Waals surface area contributed by atoms with E-state index < -0.39 is 29.6 Å². The van der Waals surface area contributed by atoms with Crippen molar-refractivity contribution in [1.82, 2.24) is 5.06 Å². The van der Waals surface area contributed by atoms with E-state index in [0.29, 0.717) is 5.06 Å². The molecule has 0 N–H and O–H groups in total. The van der Waals surface area contributed by atoms with Crippen LogP contribution in [0.4, 0.5) is 8.78 Å². The molecule has 1 aliphatic heterocycles. The Morgan fingerprint density at radius 3 is 2.08 bits per heavy atom. The van der Waals surface area contributed by atoms with Crippen molar-refractivity contribution in [2.45, 2.75) is 13.0 Å². The first-order valence-electron chi connectivity index (χ1n) is 7.19. The average Bonchev–Trinajstić information content (AvgIpc) is 2.76. The molecule has 5 nitrogen and oxygen atoms in total. The fraction of sp³-hybridized carbons (Fsp3) is 0.176. The van der Waals surface area contributed by atoms with Crippen LogP contribution in [0.5, 0.6) is 5.75 Å². The van der Waals surface area contributed by atoms with Crippen LogP contribution in [-0.2, 0) is 4.84 Å². The first kappa shape index (κ1) is 16.1. The van der Waals surface area contributed by atoms with Crippen LogP contribution in [0.25, 0.3) is 0 Å². The highest BCUT2D eigenvalue weighted by Crippen LogP contribution is 2.23. The monoisotopic (exact) mass is 333 g/mol. The molecule has 2 aromatic rings. The number of fused-ring (bicyclic) bond motifs is 1. The van der Waals surface area contributed by atoms with Gasteiger partial charge in [-0.2, -0.15) is 0 Å². The quantitative estimate of drug-likeness (QED) is 0.790. The summed E-state index contributed by atoms with van der Waals surface area (Å²) in [7, 11) is 0. The molecule has 2 amide bonds. The summed E-state index contributed by atoms with van der Waals surface area (Å²) in [6.45, 7) is 1.44. The summed E-state index contributed by atoms with van der Waals surface area (Å²) >= 11 is 0. The van der Waals surface area contributed by atoms with Crippen LogP contribution in [0.3, 0.4) is 0 Å². The standard InChI is InChI=1S/C17H13F2NO4/c1-10(24-13-7-11(18)6-12(19)8-13)9-23-20-16(21)14-4-2-3-5-15(14)17(20)22/h2-8,10H,9H2,1H3. The Bertz CT molecular complexity index is 754. The van der Waals surface area contributed by atoms with Crippen molar-refractivity contribution >= 4 is 11.8 Å². The van der Waals surface area contributed by atoms with Gasteiger partial charge in [-0.15, -0.1) is 5.06 Å². The van der Waals surface area contributed by atoms with E-state index >= 15 is 0 Å². The Hall–Kier alpha value is -2.80. The van der Waals surface area contributed by atoms with Crippen molar-refractivity contribution < 1.29 is 27.9 Å². The zero-order valence-electron chi connectivity index (χ0n) is 12.7. The second-order valence-electron chi connectivity index (χ2n) is 5.28. The van der Waals surface area contributed by atoms with Gasteiger partial charge in [0.2, 0.25) is 0 Å². The van der Waals surface area contributed by atoms with Gasteiger partial charge in [0, 0.05) is 18.2 Å². The Morgan fingerprint density at radius 1 is 1.00 bits per heavy atom. The lowest BCUT2D eigenvalue weighted by Gasteiger charge is -2.18. The normalized spacial score (nSPS) is 14.7. The van der Waals surface area contributed by atoms with E-state index in [0.717, 1.165) is 18.2 Å². The van der Waals surface area contributed by atoms with Gasteiger partial charge < -0.3 is 4.74 Å². The molecule has 1 heterocycles. The third-order valence-corrected chi connectivity index (χ3v) is 3.37. The van der Waals surface area contributed by atoms with Gasteiger partial charge in [-0.1, -0.05) is 12.1 Å². The van der Waals surface area contributed by atoms with Crippen LogP contribution >= 0.6 is 0 Å². The van der Waals surface area contributed by atoms with Crippen molar-refractivity contribution in [2.75, 3.05) is 6.61 Å². The minimum absolute atomic E-state index is 0.00837. The van der Waals surface area contributed by atoms with E-state index in [4.69, 9.17) is 9.57 Å². The Labute approximate surface area is 136 Å². The first-order chi connectivity index (χ1) is 11.5.